The molecule has 10 nitrogen and oxygen atoms in total. The monoisotopic (exact) mass is 516 g/mol. The lowest BCUT2D eigenvalue weighted by molar-refractivity contribution is -0.131. The molecule has 1 N–H and O–H groups in total. The van der Waals surface area contributed by atoms with E-state index in [2.05, 4.69) is 21.4 Å². The van der Waals surface area contributed by atoms with Crippen molar-refractivity contribution in [2.45, 2.75) is 58.1 Å². The van der Waals surface area contributed by atoms with Crippen molar-refractivity contribution in [1.29, 1.82) is 5.26 Å². The molecule has 2 fully saturated rings. The van der Waals surface area contributed by atoms with Crippen molar-refractivity contribution in [3.05, 3.63) is 46.3 Å². The van der Waals surface area contributed by atoms with Crippen molar-refractivity contribution in [2.24, 2.45) is 11.8 Å². The number of pyridine rings is 2. The smallest absolute Gasteiger partial charge is 0.328 e. The number of hydrogen-bond acceptors (Lipinski definition) is 7. The number of amides is 3. The van der Waals surface area contributed by atoms with Crippen LogP contribution in [-0.4, -0.2) is 59.4 Å². The lowest BCUT2D eigenvalue weighted by Gasteiger charge is -2.35. The van der Waals surface area contributed by atoms with Crippen LogP contribution in [0.1, 0.15) is 65.3 Å². The number of fused-ring (bicyclic) bond motifs is 1. The number of hydrogen-bond donors (Lipinski definition) is 1. The molecule has 38 heavy (non-hydrogen) atoms. The van der Waals surface area contributed by atoms with Crippen LogP contribution in [-0.2, 0) is 28.9 Å². The first-order chi connectivity index (χ1) is 18.4. The second kappa shape index (κ2) is 10.9. The number of nitriles is 1. The second-order valence-corrected chi connectivity index (χ2v) is 10.4. The number of aromatic nitrogens is 2. The number of aldehydes is 1. The fraction of sp³-hybridized carbons (Fsp3) is 0.500. The summed E-state index contributed by atoms with van der Waals surface area (Å²) >= 11 is 0. The summed E-state index contributed by atoms with van der Waals surface area (Å²) in [5.41, 5.74) is 3.13. The molecule has 0 spiro atoms. The molecule has 5 rings (SSSR count). The topological polar surface area (TPSA) is 129 Å². The van der Waals surface area contributed by atoms with Gasteiger partial charge in [0.05, 0.1) is 11.7 Å². The summed E-state index contributed by atoms with van der Waals surface area (Å²) in [6.07, 6.45) is 7.37. The van der Waals surface area contributed by atoms with Gasteiger partial charge in [0, 0.05) is 44.4 Å². The maximum atomic E-state index is 13.3. The molecule has 1 saturated heterocycles. The van der Waals surface area contributed by atoms with Crippen molar-refractivity contribution in [2.75, 3.05) is 30.4 Å². The molecular formula is C28H32N6O4. The first-order valence-electron chi connectivity index (χ1n) is 13.2. The van der Waals surface area contributed by atoms with Gasteiger partial charge in [0.15, 0.2) is 6.29 Å². The highest BCUT2D eigenvalue weighted by Crippen LogP contribution is 2.34. The minimum absolute atomic E-state index is 0.00840. The minimum atomic E-state index is -0.395. The van der Waals surface area contributed by atoms with E-state index in [0.29, 0.717) is 61.0 Å². The number of nitrogens with one attached hydrogen (secondary N) is 1. The molecule has 4 heterocycles. The highest BCUT2D eigenvalue weighted by Gasteiger charge is 2.32. The van der Waals surface area contributed by atoms with Crippen LogP contribution in [0.2, 0.25) is 0 Å². The number of likely N-dealkylation sites (tertiary alicyclic amines) is 1. The molecule has 1 aliphatic carbocycles. The maximum Gasteiger partial charge on any atom is 0.328 e. The van der Waals surface area contributed by atoms with E-state index in [-0.39, 0.29) is 23.6 Å². The van der Waals surface area contributed by atoms with E-state index in [1.807, 2.05) is 13.0 Å². The van der Waals surface area contributed by atoms with Crippen LogP contribution < -0.4 is 10.2 Å². The zero-order valence-corrected chi connectivity index (χ0v) is 21.8. The molecule has 1 saturated carbocycles. The quantitative estimate of drug-likeness (QED) is 0.558. The van der Waals surface area contributed by atoms with Gasteiger partial charge in [-0.3, -0.25) is 19.8 Å². The second-order valence-electron chi connectivity index (χ2n) is 10.4. The molecule has 2 aromatic rings. The lowest BCUT2D eigenvalue weighted by atomic mass is 9.77. The van der Waals surface area contributed by atoms with Crippen molar-refractivity contribution in [3.8, 4) is 6.07 Å². The third-order valence-electron chi connectivity index (χ3n) is 8.04. The van der Waals surface area contributed by atoms with Crippen LogP contribution in [0.3, 0.4) is 0 Å². The molecular weight excluding hydrogens is 484 g/mol. The molecule has 3 aliphatic rings. The summed E-state index contributed by atoms with van der Waals surface area (Å²) in [4.78, 5) is 49.8. The predicted molar refractivity (Wildman–Crippen MR) is 140 cm³/mol. The molecule has 2 aromatic heterocycles. The average Bonchev–Trinajstić information content (AvgIpc) is 3.22. The summed E-state index contributed by atoms with van der Waals surface area (Å²) in [6.45, 7) is 3.37. The number of nitrogens with zero attached hydrogens (tertiary/aromatic N) is 5. The largest absolute Gasteiger partial charge is 0.381 e. The van der Waals surface area contributed by atoms with Crippen LogP contribution in [0, 0.1) is 23.2 Å². The van der Waals surface area contributed by atoms with E-state index < -0.39 is 6.03 Å². The normalized spacial score (nSPS) is 22.4. The fourth-order valence-corrected chi connectivity index (χ4v) is 5.62. The number of carbonyl (C=O) groups is 3. The van der Waals surface area contributed by atoms with Crippen LogP contribution in [0.5, 0.6) is 0 Å². The van der Waals surface area contributed by atoms with E-state index in [4.69, 9.17) is 4.74 Å². The number of urea groups is 1. The van der Waals surface area contributed by atoms with Crippen molar-refractivity contribution in [3.63, 3.8) is 0 Å². The van der Waals surface area contributed by atoms with E-state index in [1.165, 1.54) is 11.1 Å². The van der Waals surface area contributed by atoms with Gasteiger partial charge in [0.2, 0.25) is 5.91 Å². The first kappa shape index (κ1) is 25.8. The SMILES string of the molecule is CO[C@H]1CC[C@@H]1Cc1cc(NC(=O)N2CCCc3cc(CN4CC[C@H](C)C4=O)c(C=O)nc32)ncc1C#N. The molecule has 3 amide bonds. The maximum absolute atomic E-state index is 13.3. The summed E-state index contributed by atoms with van der Waals surface area (Å²) < 4.78 is 5.50. The highest BCUT2D eigenvalue weighted by atomic mass is 16.5. The van der Waals surface area contributed by atoms with Crippen molar-refractivity contribution < 1.29 is 19.1 Å². The van der Waals surface area contributed by atoms with Crippen LogP contribution in [0.4, 0.5) is 16.4 Å². The Hall–Kier alpha value is -3.84. The van der Waals surface area contributed by atoms with Gasteiger partial charge >= 0.3 is 6.03 Å². The van der Waals surface area contributed by atoms with Gasteiger partial charge in [-0.25, -0.2) is 14.8 Å². The molecule has 0 unspecified atom stereocenters. The minimum Gasteiger partial charge on any atom is -0.381 e. The van der Waals surface area contributed by atoms with E-state index in [9.17, 15) is 19.6 Å². The van der Waals surface area contributed by atoms with E-state index >= 15 is 0 Å². The molecule has 0 radical (unpaired) electrons. The van der Waals surface area contributed by atoms with Crippen LogP contribution >= 0.6 is 0 Å². The van der Waals surface area contributed by atoms with Gasteiger partial charge < -0.3 is 9.64 Å². The molecule has 0 bridgehead atoms. The summed E-state index contributed by atoms with van der Waals surface area (Å²) in [6, 6.07) is 5.46. The third-order valence-corrected chi connectivity index (χ3v) is 8.04. The summed E-state index contributed by atoms with van der Waals surface area (Å²) in [5, 5.41) is 12.4. The summed E-state index contributed by atoms with van der Waals surface area (Å²) in [7, 11) is 1.70. The molecule has 0 aromatic carbocycles. The van der Waals surface area contributed by atoms with Crippen LogP contribution in [0.15, 0.2) is 18.3 Å². The zero-order chi connectivity index (χ0) is 26.8. The van der Waals surface area contributed by atoms with E-state index in [1.54, 1.807) is 18.1 Å². The Labute approximate surface area is 222 Å². The number of carbonyl (C=O) groups excluding carboxylic acids is 3. The Kier molecular flexibility index (Phi) is 7.38. The first-order valence-corrected chi connectivity index (χ1v) is 13.2. The Morgan fingerprint density at radius 1 is 1.26 bits per heavy atom. The van der Waals surface area contributed by atoms with Gasteiger partial charge in [-0.1, -0.05) is 6.92 Å². The van der Waals surface area contributed by atoms with Gasteiger partial charge in [-0.15, -0.1) is 0 Å². The Morgan fingerprint density at radius 3 is 2.76 bits per heavy atom. The van der Waals surface area contributed by atoms with Gasteiger partial charge in [0.1, 0.15) is 23.4 Å². The van der Waals surface area contributed by atoms with Crippen LogP contribution in [0.25, 0.3) is 0 Å². The Bertz CT molecular complexity index is 1300. The molecule has 10 heteroatoms. The summed E-state index contributed by atoms with van der Waals surface area (Å²) in [5.74, 6) is 1.23. The number of ether oxygens (including phenoxy) is 1. The number of methoxy groups -OCH3 is 1. The van der Waals surface area contributed by atoms with Gasteiger partial charge in [0.25, 0.3) is 0 Å². The van der Waals surface area contributed by atoms with E-state index in [0.717, 1.165) is 43.2 Å². The third kappa shape index (κ3) is 4.98. The lowest BCUT2D eigenvalue weighted by Crippen LogP contribution is -2.40. The fourth-order valence-electron chi connectivity index (χ4n) is 5.62. The number of aryl methyl sites for hydroxylation is 1. The zero-order valence-electron chi connectivity index (χ0n) is 21.8. The number of anilines is 2. The average molecular weight is 517 g/mol. The molecule has 3 atom stereocenters. The highest BCUT2D eigenvalue weighted by molar-refractivity contribution is 6.01. The van der Waals surface area contributed by atoms with Crippen molar-refractivity contribution in [1.82, 2.24) is 14.9 Å². The molecule has 198 valence electrons. The van der Waals surface area contributed by atoms with Gasteiger partial charge in [-0.2, -0.15) is 5.26 Å². The number of rotatable bonds is 7. The predicted octanol–water partition coefficient (Wildman–Crippen LogP) is 3.48. The van der Waals surface area contributed by atoms with Crippen molar-refractivity contribution >= 4 is 29.9 Å². The Morgan fingerprint density at radius 2 is 2.11 bits per heavy atom. The molecule has 2 aliphatic heterocycles. The Balaban J connectivity index is 1.35. The standard InChI is InChI=1S/C28H32N6O4/c1-17-7-9-33(27(17)36)15-21-11-19-4-3-8-34(26(19)31-23(21)16-35)28(37)32-25-12-20(22(13-29)14-30-25)10-18-5-6-24(18)38-2/h11-12,14,16-18,24H,3-10,15H2,1-2H3,(H,30,32,37)/t17-,18+,24-/m0/s1. The van der Waals surface area contributed by atoms with Gasteiger partial charge in [-0.05, 0) is 67.7 Å².